The third-order valence-corrected chi connectivity index (χ3v) is 3.03. The van der Waals surface area contributed by atoms with Crippen molar-refractivity contribution in [3.63, 3.8) is 0 Å². The maximum atomic E-state index is 11.8. The lowest BCUT2D eigenvalue weighted by atomic mass is 10.2. The molecule has 0 fully saturated rings. The van der Waals surface area contributed by atoms with Crippen molar-refractivity contribution in [3.05, 3.63) is 65.2 Å². The van der Waals surface area contributed by atoms with E-state index in [0.29, 0.717) is 11.6 Å². The topological polar surface area (TPSA) is 20.3 Å². The number of para-hydroxylation sites is 1. The molecule has 0 N–H and O–H groups in total. The summed E-state index contributed by atoms with van der Waals surface area (Å²) in [5.41, 5.74) is 1.82. The van der Waals surface area contributed by atoms with Gasteiger partial charge in [0, 0.05) is 6.92 Å². The van der Waals surface area contributed by atoms with Crippen LogP contribution in [0.25, 0.3) is 0 Å². The van der Waals surface area contributed by atoms with Gasteiger partial charge in [0.2, 0.25) is 5.91 Å². The first-order valence-electron chi connectivity index (χ1n) is 5.75. The zero-order valence-corrected chi connectivity index (χ0v) is 10.9. The number of carbonyl (C=O) groups is 1. The van der Waals surface area contributed by atoms with Crippen molar-refractivity contribution < 1.29 is 4.79 Å². The number of rotatable bonds is 3. The Morgan fingerprint density at radius 2 is 1.67 bits per heavy atom. The van der Waals surface area contributed by atoms with E-state index < -0.39 is 0 Å². The van der Waals surface area contributed by atoms with Crippen LogP contribution in [0, 0.1) is 0 Å². The van der Waals surface area contributed by atoms with Gasteiger partial charge in [0.15, 0.2) is 0 Å². The van der Waals surface area contributed by atoms with Crippen LogP contribution in [-0.2, 0) is 11.3 Å². The molecule has 92 valence electrons. The maximum Gasteiger partial charge on any atom is 0.224 e. The SMILES string of the molecule is CC(=O)N(Cc1ccccc1)c1ccccc1Cl. The summed E-state index contributed by atoms with van der Waals surface area (Å²) in [6, 6.07) is 17.2. The number of hydrogen-bond acceptors (Lipinski definition) is 1. The summed E-state index contributed by atoms with van der Waals surface area (Å²) in [7, 11) is 0. The summed E-state index contributed by atoms with van der Waals surface area (Å²) in [4.78, 5) is 13.4. The normalized spacial score (nSPS) is 10.1. The fourth-order valence-electron chi connectivity index (χ4n) is 1.80. The molecule has 3 heteroatoms. The third kappa shape index (κ3) is 2.90. The molecule has 0 aliphatic carbocycles. The van der Waals surface area contributed by atoms with E-state index in [4.69, 9.17) is 11.6 Å². The minimum atomic E-state index is -0.0213. The van der Waals surface area contributed by atoms with Crippen molar-refractivity contribution in [2.24, 2.45) is 0 Å². The molecule has 0 saturated carbocycles. The Kier molecular flexibility index (Phi) is 4.00. The van der Waals surface area contributed by atoms with Gasteiger partial charge in [0.05, 0.1) is 17.3 Å². The summed E-state index contributed by atoms with van der Waals surface area (Å²) >= 11 is 6.14. The van der Waals surface area contributed by atoms with Gasteiger partial charge in [-0.3, -0.25) is 4.79 Å². The van der Waals surface area contributed by atoms with Gasteiger partial charge < -0.3 is 4.90 Å². The van der Waals surface area contributed by atoms with E-state index in [2.05, 4.69) is 0 Å². The quantitative estimate of drug-likeness (QED) is 0.819. The standard InChI is InChI=1S/C15H14ClNO/c1-12(18)17(11-13-7-3-2-4-8-13)15-10-6-5-9-14(15)16/h2-10H,11H2,1H3. The second-order valence-corrected chi connectivity index (χ2v) is 4.45. The van der Waals surface area contributed by atoms with E-state index in [1.807, 2.05) is 48.5 Å². The van der Waals surface area contributed by atoms with Crippen molar-refractivity contribution in [1.82, 2.24) is 0 Å². The van der Waals surface area contributed by atoms with Gasteiger partial charge in [-0.2, -0.15) is 0 Å². The molecule has 0 aliphatic rings. The highest BCUT2D eigenvalue weighted by Crippen LogP contribution is 2.26. The smallest absolute Gasteiger partial charge is 0.224 e. The summed E-state index contributed by atoms with van der Waals surface area (Å²) in [5.74, 6) is -0.0213. The van der Waals surface area contributed by atoms with Crippen LogP contribution in [0.3, 0.4) is 0 Å². The Balaban J connectivity index is 2.30. The minimum Gasteiger partial charge on any atom is -0.307 e. The van der Waals surface area contributed by atoms with Crippen molar-refractivity contribution in [2.75, 3.05) is 4.90 Å². The molecule has 0 atom stereocenters. The highest BCUT2D eigenvalue weighted by atomic mass is 35.5. The van der Waals surface area contributed by atoms with Crippen LogP contribution in [0.2, 0.25) is 5.02 Å². The Morgan fingerprint density at radius 1 is 1.06 bits per heavy atom. The lowest BCUT2D eigenvalue weighted by molar-refractivity contribution is -0.116. The Morgan fingerprint density at radius 3 is 2.28 bits per heavy atom. The van der Waals surface area contributed by atoms with E-state index >= 15 is 0 Å². The number of hydrogen-bond donors (Lipinski definition) is 0. The van der Waals surface area contributed by atoms with Crippen LogP contribution in [0.15, 0.2) is 54.6 Å². The zero-order chi connectivity index (χ0) is 13.0. The molecule has 2 rings (SSSR count). The number of anilines is 1. The monoisotopic (exact) mass is 259 g/mol. The van der Waals surface area contributed by atoms with Crippen LogP contribution in [0.4, 0.5) is 5.69 Å². The molecule has 0 aromatic heterocycles. The summed E-state index contributed by atoms with van der Waals surface area (Å²) < 4.78 is 0. The Hall–Kier alpha value is -1.80. The van der Waals surface area contributed by atoms with Crippen molar-refractivity contribution in [2.45, 2.75) is 13.5 Å². The van der Waals surface area contributed by atoms with Gasteiger partial charge in [-0.05, 0) is 17.7 Å². The molecule has 2 nitrogen and oxygen atoms in total. The van der Waals surface area contributed by atoms with Crippen molar-refractivity contribution in [1.29, 1.82) is 0 Å². The number of halogens is 1. The average Bonchev–Trinajstić information content (AvgIpc) is 2.38. The number of benzene rings is 2. The fraction of sp³-hybridized carbons (Fsp3) is 0.133. The van der Waals surface area contributed by atoms with Crippen LogP contribution >= 0.6 is 11.6 Å². The van der Waals surface area contributed by atoms with Gasteiger partial charge in [-0.25, -0.2) is 0 Å². The average molecular weight is 260 g/mol. The molecule has 2 aromatic carbocycles. The predicted octanol–water partition coefficient (Wildman–Crippen LogP) is 3.89. The van der Waals surface area contributed by atoms with Crippen LogP contribution in [0.5, 0.6) is 0 Å². The molecular formula is C15H14ClNO. The Labute approximate surface area is 112 Å². The molecule has 2 aromatic rings. The van der Waals surface area contributed by atoms with Crippen molar-refractivity contribution in [3.8, 4) is 0 Å². The minimum absolute atomic E-state index is 0.0213. The van der Waals surface area contributed by atoms with Gasteiger partial charge in [-0.1, -0.05) is 54.1 Å². The van der Waals surface area contributed by atoms with E-state index in [0.717, 1.165) is 11.3 Å². The maximum absolute atomic E-state index is 11.8. The van der Waals surface area contributed by atoms with Gasteiger partial charge in [0.1, 0.15) is 0 Å². The van der Waals surface area contributed by atoms with Gasteiger partial charge in [-0.15, -0.1) is 0 Å². The number of amides is 1. The number of nitrogens with zero attached hydrogens (tertiary/aromatic N) is 1. The van der Waals surface area contributed by atoms with Gasteiger partial charge >= 0.3 is 0 Å². The number of carbonyl (C=O) groups excluding carboxylic acids is 1. The first-order chi connectivity index (χ1) is 8.68. The van der Waals surface area contributed by atoms with E-state index in [-0.39, 0.29) is 5.91 Å². The highest BCUT2D eigenvalue weighted by molar-refractivity contribution is 6.33. The molecule has 0 heterocycles. The van der Waals surface area contributed by atoms with Crippen LogP contribution in [-0.4, -0.2) is 5.91 Å². The Bertz CT molecular complexity index is 539. The van der Waals surface area contributed by atoms with Gasteiger partial charge in [0.25, 0.3) is 0 Å². The van der Waals surface area contributed by atoms with E-state index in [1.54, 1.807) is 17.9 Å². The largest absolute Gasteiger partial charge is 0.307 e. The highest BCUT2D eigenvalue weighted by Gasteiger charge is 2.14. The second-order valence-electron chi connectivity index (χ2n) is 4.04. The fourth-order valence-corrected chi connectivity index (χ4v) is 2.04. The van der Waals surface area contributed by atoms with Crippen LogP contribution < -0.4 is 4.90 Å². The van der Waals surface area contributed by atoms with Crippen molar-refractivity contribution >= 4 is 23.2 Å². The molecule has 0 spiro atoms. The lowest BCUT2D eigenvalue weighted by Gasteiger charge is -2.22. The molecule has 0 radical (unpaired) electrons. The summed E-state index contributed by atoms with van der Waals surface area (Å²) in [6.07, 6.45) is 0. The molecular weight excluding hydrogens is 246 g/mol. The summed E-state index contributed by atoms with van der Waals surface area (Å²) in [5, 5.41) is 0.587. The first kappa shape index (κ1) is 12.7. The molecule has 0 bridgehead atoms. The van der Waals surface area contributed by atoms with Crippen LogP contribution in [0.1, 0.15) is 12.5 Å². The van der Waals surface area contributed by atoms with E-state index in [9.17, 15) is 4.79 Å². The summed E-state index contributed by atoms with van der Waals surface area (Å²) in [6.45, 7) is 2.08. The second kappa shape index (κ2) is 5.69. The zero-order valence-electron chi connectivity index (χ0n) is 10.1. The molecule has 0 unspecified atom stereocenters. The first-order valence-corrected chi connectivity index (χ1v) is 6.13. The molecule has 0 saturated heterocycles. The molecule has 18 heavy (non-hydrogen) atoms. The molecule has 1 amide bonds. The molecule has 0 aliphatic heterocycles. The van der Waals surface area contributed by atoms with E-state index in [1.165, 1.54) is 0 Å². The predicted molar refractivity (Wildman–Crippen MR) is 74.8 cm³/mol. The third-order valence-electron chi connectivity index (χ3n) is 2.71. The lowest BCUT2D eigenvalue weighted by Crippen LogP contribution is -2.28.